The van der Waals surface area contributed by atoms with E-state index in [1.165, 1.54) is 0 Å². The molecule has 9 heteroatoms. The number of aliphatic hydroxyl groups excluding tert-OH is 2. The van der Waals surface area contributed by atoms with Crippen LogP contribution in [0.15, 0.2) is 59.5 Å². The first kappa shape index (κ1) is 28.9. The molecule has 0 radical (unpaired) electrons. The molecule has 1 amide bonds. The summed E-state index contributed by atoms with van der Waals surface area (Å²) in [5.74, 6) is 0.655. The van der Waals surface area contributed by atoms with Gasteiger partial charge in [0.1, 0.15) is 6.10 Å². The van der Waals surface area contributed by atoms with Crippen molar-refractivity contribution in [3.05, 3.63) is 65.7 Å². The molecule has 1 saturated carbocycles. The number of carbonyl (C=O) groups is 1. The number of nitrogens with zero attached hydrogens (tertiary/aromatic N) is 1. The molecule has 3 N–H and O–H groups in total. The molecule has 2 aliphatic rings. The topological polar surface area (TPSA) is 114 Å². The first-order valence-corrected chi connectivity index (χ1v) is 14.6. The standard InChI is InChI=1S/C29H40N2O6S/c1-20(2)17-31(38(35)25-10-8-22(19-32)9-11-25)18-27(33)26(14-21-6-4-3-5-7-21)30-29(34)37-24-15-23-12-13-36-28(23)16-24/h3-11,20,23-24,26-28,32-33H,12-19H2,1-2H3,(H,30,34)/t23-,24+,26-,27+,28+,38?/m0/s1. The van der Waals surface area contributed by atoms with Gasteiger partial charge in [0.25, 0.3) is 0 Å². The van der Waals surface area contributed by atoms with E-state index in [2.05, 4.69) is 5.32 Å². The van der Waals surface area contributed by atoms with Gasteiger partial charge in [-0.05, 0) is 54.4 Å². The minimum atomic E-state index is -1.52. The second-order valence-electron chi connectivity index (χ2n) is 10.8. The molecule has 1 aliphatic heterocycles. The maximum atomic E-state index is 13.5. The Kier molecular flexibility index (Phi) is 10.5. The quantitative estimate of drug-likeness (QED) is 0.351. The summed E-state index contributed by atoms with van der Waals surface area (Å²) < 4.78 is 26.7. The summed E-state index contributed by atoms with van der Waals surface area (Å²) in [6.45, 7) is 5.36. The summed E-state index contributed by atoms with van der Waals surface area (Å²) in [5.41, 5.74) is 1.71. The minimum Gasteiger partial charge on any atom is -0.593 e. The van der Waals surface area contributed by atoms with E-state index in [4.69, 9.17) is 9.47 Å². The number of fused-ring (bicyclic) bond motifs is 1. The third-order valence-corrected chi connectivity index (χ3v) is 8.69. The molecule has 1 saturated heterocycles. The molecule has 0 spiro atoms. The van der Waals surface area contributed by atoms with Crippen LogP contribution in [0.3, 0.4) is 0 Å². The van der Waals surface area contributed by atoms with Crippen LogP contribution in [0.2, 0.25) is 0 Å². The lowest BCUT2D eigenvalue weighted by Crippen LogP contribution is -2.51. The Morgan fingerprint density at radius 2 is 1.87 bits per heavy atom. The van der Waals surface area contributed by atoms with Crippen molar-refractivity contribution < 1.29 is 29.0 Å². The van der Waals surface area contributed by atoms with E-state index in [0.717, 1.165) is 30.6 Å². The van der Waals surface area contributed by atoms with Crippen LogP contribution in [0, 0.1) is 11.8 Å². The molecule has 1 aliphatic carbocycles. The molecular formula is C29H40N2O6S. The van der Waals surface area contributed by atoms with Gasteiger partial charge in [0, 0.05) is 19.6 Å². The predicted molar refractivity (Wildman–Crippen MR) is 146 cm³/mol. The van der Waals surface area contributed by atoms with Crippen LogP contribution in [0.25, 0.3) is 0 Å². The Balaban J connectivity index is 1.44. The fourth-order valence-electron chi connectivity index (χ4n) is 5.31. The number of benzene rings is 2. The average molecular weight is 545 g/mol. The van der Waals surface area contributed by atoms with E-state index in [9.17, 15) is 19.6 Å². The lowest BCUT2D eigenvalue weighted by atomic mass is 10.0. The van der Waals surface area contributed by atoms with Crippen molar-refractivity contribution in [2.75, 3.05) is 19.7 Å². The van der Waals surface area contributed by atoms with E-state index in [1.807, 2.05) is 44.2 Å². The molecule has 8 nitrogen and oxygen atoms in total. The number of amides is 1. The first-order chi connectivity index (χ1) is 18.3. The van der Waals surface area contributed by atoms with Gasteiger partial charge in [-0.1, -0.05) is 56.3 Å². The van der Waals surface area contributed by atoms with Crippen molar-refractivity contribution in [3.8, 4) is 0 Å². The molecule has 38 heavy (non-hydrogen) atoms. The number of rotatable bonds is 12. The predicted octanol–water partition coefficient (Wildman–Crippen LogP) is 3.43. The van der Waals surface area contributed by atoms with E-state index >= 15 is 0 Å². The van der Waals surface area contributed by atoms with Crippen LogP contribution in [0.1, 0.15) is 44.2 Å². The molecule has 0 bridgehead atoms. The monoisotopic (exact) mass is 544 g/mol. The zero-order valence-electron chi connectivity index (χ0n) is 22.2. The average Bonchev–Trinajstić information content (AvgIpc) is 3.50. The highest BCUT2D eigenvalue weighted by Crippen LogP contribution is 2.37. The zero-order valence-corrected chi connectivity index (χ0v) is 23.0. The van der Waals surface area contributed by atoms with E-state index in [0.29, 0.717) is 30.2 Å². The van der Waals surface area contributed by atoms with Crippen LogP contribution in [0.4, 0.5) is 4.79 Å². The van der Waals surface area contributed by atoms with E-state index in [-0.39, 0.29) is 31.3 Å². The van der Waals surface area contributed by atoms with Gasteiger partial charge in [0.15, 0.2) is 4.90 Å². The van der Waals surface area contributed by atoms with Crippen molar-refractivity contribution in [2.45, 2.75) is 75.4 Å². The van der Waals surface area contributed by atoms with Crippen molar-refractivity contribution in [2.24, 2.45) is 11.8 Å². The van der Waals surface area contributed by atoms with Crippen molar-refractivity contribution in [1.82, 2.24) is 9.62 Å². The summed E-state index contributed by atoms with van der Waals surface area (Å²) in [6.07, 6.45) is 1.37. The number of carbonyl (C=O) groups excluding carboxylic acids is 1. The van der Waals surface area contributed by atoms with Crippen molar-refractivity contribution >= 4 is 17.5 Å². The largest absolute Gasteiger partial charge is 0.593 e. The van der Waals surface area contributed by atoms with Gasteiger partial charge in [0.05, 0.1) is 42.8 Å². The van der Waals surface area contributed by atoms with Crippen LogP contribution < -0.4 is 5.32 Å². The number of hydrogen-bond acceptors (Lipinski definition) is 7. The molecule has 0 aromatic heterocycles. The minimum absolute atomic E-state index is 0.0839. The summed E-state index contributed by atoms with van der Waals surface area (Å²) in [5, 5.41) is 23.6. The van der Waals surface area contributed by atoms with Crippen LogP contribution in [-0.4, -0.2) is 69.2 Å². The summed E-state index contributed by atoms with van der Waals surface area (Å²) in [6, 6.07) is 16.0. The molecule has 2 fully saturated rings. The maximum absolute atomic E-state index is 13.5. The number of ether oxygens (including phenoxy) is 2. The van der Waals surface area contributed by atoms with Crippen molar-refractivity contribution in [3.63, 3.8) is 0 Å². The molecule has 2 aromatic carbocycles. The van der Waals surface area contributed by atoms with Gasteiger partial charge in [-0.3, -0.25) is 0 Å². The van der Waals surface area contributed by atoms with Crippen LogP contribution in [0.5, 0.6) is 0 Å². The lowest BCUT2D eigenvalue weighted by Gasteiger charge is -2.31. The SMILES string of the molecule is CC(C)CN(C[C@@H](O)[C@H](Cc1ccccc1)NC(=O)O[C@@H]1C[C@@H]2CCO[C@@H]2C1)[S+]([O-])c1ccc(CO)cc1. The first-order valence-electron chi connectivity index (χ1n) is 13.5. The summed E-state index contributed by atoms with van der Waals surface area (Å²) in [4.78, 5) is 13.5. The summed E-state index contributed by atoms with van der Waals surface area (Å²) in [7, 11) is 0. The molecule has 1 heterocycles. The molecule has 4 rings (SSSR count). The molecule has 2 aromatic rings. The fraction of sp³-hybridized carbons (Fsp3) is 0.552. The Labute approximate surface area is 228 Å². The summed E-state index contributed by atoms with van der Waals surface area (Å²) >= 11 is -1.52. The Hall–Kier alpha value is -2.14. The highest BCUT2D eigenvalue weighted by Gasteiger charge is 2.40. The van der Waals surface area contributed by atoms with Crippen molar-refractivity contribution in [1.29, 1.82) is 0 Å². The molecule has 6 atom stereocenters. The number of aliphatic hydroxyl groups is 2. The lowest BCUT2D eigenvalue weighted by molar-refractivity contribution is 0.0554. The van der Waals surface area contributed by atoms with Crippen LogP contribution in [-0.2, 0) is 33.9 Å². The Bertz CT molecular complexity index is 996. The smallest absolute Gasteiger partial charge is 0.407 e. The second-order valence-corrected chi connectivity index (χ2v) is 12.2. The second kappa shape index (κ2) is 13.8. The van der Waals surface area contributed by atoms with E-state index in [1.54, 1.807) is 28.6 Å². The van der Waals surface area contributed by atoms with Gasteiger partial charge < -0.3 is 29.6 Å². The normalized spacial score (nSPS) is 23.3. The van der Waals surface area contributed by atoms with Gasteiger partial charge in [0.2, 0.25) is 0 Å². The van der Waals surface area contributed by atoms with Gasteiger partial charge in [-0.2, -0.15) is 0 Å². The third-order valence-electron chi connectivity index (χ3n) is 7.25. The van der Waals surface area contributed by atoms with Gasteiger partial charge in [-0.25, -0.2) is 4.79 Å². The van der Waals surface area contributed by atoms with Gasteiger partial charge in [-0.15, -0.1) is 4.31 Å². The molecular weight excluding hydrogens is 504 g/mol. The number of alkyl carbamates (subject to hydrolysis) is 1. The van der Waals surface area contributed by atoms with E-state index < -0.39 is 29.6 Å². The van der Waals surface area contributed by atoms with Gasteiger partial charge >= 0.3 is 6.09 Å². The highest BCUT2D eigenvalue weighted by molar-refractivity contribution is 7.89. The number of hydrogen-bond donors (Lipinski definition) is 3. The zero-order chi connectivity index (χ0) is 27.1. The third kappa shape index (κ3) is 7.94. The molecule has 1 unspecified atom stereocenters. The Morgan fingerprint density at radius 3 is 2.53 bits per heavy atom. The fourth-order valence-corrected chi connectivity index (χ4v) is 6.70. The number of nitrogens with one attached hydrogen (secondary N) is 1. The highest BCUT2D eigenvalue weighted by atomic mass is 32.2. The Morgan fingerprint density at radius 1 is 1.13 bits per heavy atom. The van der Waals surface area contributed by atoms with Crippen LogP contribution >= 0.6 is 0 Å². The molecule has 208 valence electrons. The maximum Gasteiger partial charge on any atom is 0.407 e.